The van der Waals surface area contributed by atoms with Gasteiger partial charge in [0.15, 0.2) is 0 Å². The lowest BCUT2D eigenvalue weighted by Gasteiger charge is -2.11. The van der Waals surface area contributed by atoms with E-state index in [-0.39, 0.29) is 0 Å². The van der Waals surface area contributed by atoms with Gasteiger partial charge in [0.25, 0.3) is 0 Å². The van der Waals surface area contributed by atoms with Crippen LogP contribution in [0.3, 0.4) is 0 Å². The van der Waals surface area contributed by atoms with E-state index in [1.165, 1.54) is 12.1 Å². The number of thiol groups is 1. The molecule has 88 valence electrons. The Bertz CT molecular complexity index is 631. The molecule has 0 spiro atoms. The van der Waals surface area contributed by atoms with E-state index >= 15 is 0 Å². The first-order valence-electron chi connectivity index (χ1n) is 4.52. The van der Waals surface area contributed by atoms with Crippen LogP contribution in [0.25, 0.3) is 11.1 Å². The van der Waals surface area contributed by atoms with Crippen LogP contribution in [0.4, 0.5) is 13.2 Å². The predicted octanol–water partition coefficient (Wildman–Crippen LogP) is 5.00. The largest absolute Gasteiger partial charge is 0.416 e. The van der Waals surface area contributed by atoms with Gasteiger partial charge in [-0.2, -0.15) is 13.2 Å². The van der Waals surface area contributed by atoms with Crippen LogP contribution in [0, 0.1) is 9.02 Å². The molecule has 6 heteroatoms. The van der Waals surface area contributed by atoms with Crippen LogP contribution in [0.1, 0.15) is 5.56 Å². The van der Waals surface area contributed by atoms with Crippen molar-refractivity contribution in [1.29, 1.82) is 0 Å². The molecule has 2 aromatic rings. The summed E-state index contributed by atoms with van der Waals surface area (Å²) in [5.41, 5.74) is 0.582. The Kier molecular flexibility index (Phi) is 3.14. The molecule has 0 unspecified atom stereocenters. The van der Waals surface area contributed by atoms with E-state index < -0.39 is 11.7 Å². The van der Waals surface area contributed by atoms with Crippen molar-refractivity contribution in [1.82, 2.24) is 0 Å². The zero-order valence-electron chi connectivity index (χ0n) is 8.21. The Morgan fingerprint density at radius 2 is 1.47 bits per heavy atom. The minimum atomic E-state index is -4.33. The van der Waals surface area contributed by atoms with Gasteiger partial charge >= 0.3 is 6.18 Å². The highest BCUT2D eigenvalue weighted by atomic mass is 32.1. The van der Waals surface area contributed by atoms with Crippen LogP contribution >= 0.6 is 37.1 Å². The molecule has 0 aliphatic heterocycles. The second-order valence-corrected chi connectivity index (χ2v) is 4.72. The Balaban J connectivity index is 2.45. The average Bonchev–Trinajstić information content (AvgIpc) is 2.28. The predicted molar refractivity (Wildman–Crippen MR) is 68.2 cm³/mol. The molecule has 2 aromatic carbocycles. The Morgan fingerprint density at radius 1 is 0.941 bits per heavy atom. The van der Waals surface area contributed by atoms with Gasteiger partial charge in [0.05, 0.1) is 14.6 Å². The fourth-order valence-electron chi connectivity index (χ4n) is 1.47. The molecule has 0 amide bonds. The van der Waals surface area contributed by atoms with Gasteiger partial charge in [-0.1, -0.05) is 36.6 Å². The summed E-state index contributed by atoms with van der Waals surface area (Å²) in [7, 11) is 0. The summed E-state index contributed by atoms with van der Waals surface area (Å²) in [6, 6.07) is 4.80. The third-order valence-corrected chi connectivity index (χ3v) is 3.93. The molecule has 0 N–H and O–H groups in total. The van der Waals surface area contributed by atoms with E-state index in [0.29, 0.717) is 25.0 Å². The molecule has 0 fully saturated rings. The lowest BCUT2D eigenvalue weighted by molar-refractivity contribution is -0.137. The number of halogens is 3. The highest BCUT2D eigenvalue weighted by Crippen LogP contribution is 2.36. The lowest BCUT2D eigenvalue weighted by Crippen LogP contribution is -2.04. The van der Waals surface area contributed by atoms with Gasteiger partial charge in [0, 0.05) is 10.5 Å². The molecule has 0 bridgehead atoms. The van der Waals surface area contributed by atoms with E-state index in [0.717, 1.165) is 12.1 Å². The molecule has 0 atom stereocenters. The topological polar surface area (TPSA) is 0 Å². The van der Waals surface area contributed by atoms with Crippen molar-refractivity contribution in [2.24, 2.45) is 0 Å². The van der Waals surface area contributed by atoms with Crippen molar-refractivity contribution in [2.45, 2.75) is 11.1 Å². The number of benzene rings is 1. The van der Waals surface area contributed by atoms with Gasteiger partial charge in [0.1, 0.15) is 0 Å². The first-order valence-corrected chi connectivity index (χ1v) is 5.78. The fraction of sp³-hybridized carbons (Fsp3) is 0.0909. The van der Waals surface area contributed by atoms with Crippen LogP contribution in [0.5, 0.6) is 0 Å². The molecule has 0 aromatic heterocycles. The highest BCUT2D eigenvalue weighted by Gasteiger charge is 2.30. The van der Waals surface area contributed by atoms with Gasteiger partial charge in [-0.05, 0) is 17.7 Å². The molecule has 0 saturated heterocycles. The standard InChI is InChI=1S/C11H5F3S3/c12-11(13,14)6-3-1-5(2-4-6)7-8(15)10(17)9(7)16/h1-4,15H. The number of hydrogen-bond acceptors (Lipinski definition) is 3. The minimum absolute atomic E-state index is 0.491. The third-order valence-electron chi connectivity index (χ3n) is 2.39. The maximum Gasteiger partial charge on any atom is 0.416 e. The second-order valence-electron chi connectivity index (χ2n) is 3.46. The maximum absolute atomic E-state index is 12.4. The summed E-state index contributed by atoms with van der Waals surface area (Å²) in [5.74, 6) is 0. The minimum Gasteiger partial charge on any atom is -0.166 e. The van der Waals surface area contributed by atoms with Crippen molar-refractivity contribution in [2.75, 3.05) is 0 Å². The monoisotopic (exact) mass is 290 g/mol. The SMILES string of the molecule is FC(F)(F)c1ccc(-c2c(S)c(=S)c2=S)cc1. The summed E-state index contributed by atoms with van der Waals surface area (Å²) in [4.78, 5) is 0.574. The van der Waals surface area contributed by atoms with E-state index in [4.69, 9.17) is 24.4 Å². The van der Waals surface area contributed by atoms with E-state index in [2.05, 4.69) is 12.6 Å². The highest BCUT2D eigenvalue weighted by molar-refractivity contribution is 7.81. The van der Waals surface area contributed by atoms with E-state index in [9.17, 15) is 13.2 Å². The van der Waals surface area contributed by atoms with Gasteiger partial charge < -0.3 is 0 Å². The van der Waals surface area contributed by atoms with Crippen molar-refractivity contribution in [3.05, 3.63) is 38.8 Å². The molecular weight excluding hydrogens is 285 g/mol. The quantitative estimate of drug-likeness (QED) is 0.580. The summed E-state index contributed by atoms with van der Waals surface area (Å²) in [5, 5.41) is 0. The smallest absolute Gasteiger partial charge is 0.166 e. The van der Waals surface area contributed by atoms with E-state index in [1.807, 2.05) is 0 Å². The van der Waals surface area contributed by atoms with Gasteiger partial charge in [0.2, 0.25) is 0 Å². The molecule has 0 saturated carbocycles. The molecule has 0 heterocycles. The molecule has 17 heavy (non-hydrogen) atoms. The van der Waals surface area contributed by atoms with Gasteiger partial charge in [-0.25, -0.2) is 0 Å². The Morgan fingerprint density at radius 3 is 1.88 bits per heavy atom. The normalized spacial score (nSPS) is 12.0. The summed E-state index contributed by atoms with van der Waals surface area (Å²) < 4.78 is 38.1. The van der Waals surface area contributed by atoms with Crippen molar-refractivity contribution in [3.63, 3.8) is 0 Å². The molecular formula is C11H5F3S3. The van der Waals surface area contributed by atoms with Gasteiger partial charge in [-0.3, -0.25) is 0 Å². The first-order chi connectivity index (χ1) is 7.82. The molecule has 0 aliphatic rings. The third kappa shape index (κ3) is 2.17. The summed E-state index contributed by atoms with van der Waals surface area (Å²) >= 11 is 14.1. The Labute approximate surface area is 111 Å². The van der Waals surface area contributed by atoms with Crippen LogP contribution in [-0.4, -0.2) is 0 Å². The lowest BCUT2D eigenvalue weighted by atomic mass is 10.0. The average molecular weight is 290 g/mol. The molecule has 0 aliphatic carbocycles. The van der Waals surface area contributed by atoms with Gasteiger partial charge in [-0.15, -0.1) is 12.6 Å². The molecule has 2 rings (SSSR count). The van der Waals surface area contributed by atoms with Crippen LogP contribution in [0.2, 0.25) is 0 Å². The number of rotatable bonds is 1. The number of hydrogen-bond donors (Lipinski definition) is 1. The fourth-order valence-corrected chi connectivity index (χ4v) is 2.50. The first kappa shape index (κ1) is 12.7. The zero-order valence-corrected chi connectivity index (χ0v) is 10.7. The van der Waals surface area contributed by atoms with Crippen molar-refractivity contribution < 1.29 is 13.2 Å². The van der Waals surface area contributed by atoms with Crippen LogP contribution in [0.15, 0.2) is 29.2 Å². The van der Waals surface area contributed by atoms with Crippen molar-refractivity contribution >= 4 is 37.1 Å². The molecule has 0 nitrogen and oxygen atoms in total. The number of alkyl halides is 3. The zero-order chi connectivity index (χ0) is 12.8. The van der Waals surface area contributed by atoms with E-state index in [1.54, 1.807) is 0 Å². The second kappa shape index (κ2) is 4.19. The maximum atomic E-state index is 12.4. The summed E-state index contributed by atoms with van der Waals surface area (Å²) in [6.45, 7) is 0. The Hall–Kier alpha value is -0.720. The van der Waals surface area contributed by atoms with Crippen LogP contribution < -0.4 is 0 Å². The molecule has 0 radical (unpaired) electrons. The van der Waals surface area contributed by atoms with Crippen LogP contribution in [-0.2, 0) is 6.18 Å². The van der Waals surface area contributed by atoms with Crippen molar-refractivity contribution in [3.8, 4) is 11.1 Å². The summed E-state index contributed by atoms with van der Waals surface area (Å²) in [6.07, 6.45) is -4.33.